The lowest BCUT2D eigenvalue weighted by molar-refractivity contribution is -0.120. The van der Waals surface area contributed by atoms with Gasteiger partial charge in [-0.2, -0.15) is 0 Å². The molecule has 2 aromatic rings. The number of ether oxygens (including phenoxy) is 1. The van der Waals surface area contributed by atoms with Crippen molar-refractivity contribution >= 4 is 17.7 Å². The van der Waals surface area contributed by atoms with Crippen LogP contribution in [0, 0.1) is 0 Å². The van der Waals surface area contributed by atoms with Gasteiger partial charge in [-0.25, -0.2) is 4.79 Å². The van der Waals surface area contributed by atoms with Crippen LogP contribution >= 0.6 is 0 Å². The molecule has 0 saturated carbocycles. The first-order valence-corrected chi connectivity index (χ1v) is 12.4. The highest BCUT2D eigenvalue weighted by atomic mass is 16.6. The molecule has 0 unspecified atom stereocenters. The molecule has 2 fully saturated rings. The summed E-state index contributed by atoms with van der Waals surface area (Å²) in [5.74, 6) is 0.0421. The Labute approximate surface area is 202 Å². The van der Waals surface area contributed by atoms with E-state index in [0.29, 0.717) is 25.6 Å². The molecule has 0 atom stereocenters. The lowest BCUT2D eigenvalue weighted by atomic mass is 10.0. The zero-order valence-electron chi connectivity index (χ0n) is 20.1. The molecule has 4 rings (SSSR count). The van der Waals surface area contributed by atoms with Crippen molar-refractivity contribution in [1.29, 1.82) is 0 Å². The Balaban J connectivity index is 1.19. The third-order valence-electron chi connectivity index (χ3n) is 6.82. The summed E-state index contributed by atoms with van der Waals surface area (Å²) in [7, 11) is 0. The van der Waals surface area contributed by atoms with Crippen molar-refractivity contribution in [3.8, 4) is 0 Å². The summed E-state index contributed by atoms with van der Waals surface area (Å²) in [5, 5.41) is 2.99. The highest BCUT2D eigenvalue weighted by Gasteiger charge is 2.29. The number of piperazine rings is 1. The van der Waals surface area contributed by atoms with Crippen LogP contribution in [0.3, 0.4) is 0 Å². The van der Waals surface area contributed by atoms with E-state index in [2.05, 4.69) is 39.4 Å². The highest BCUT2D eigenvalue weighted by molar-refractivity contribution is 5.78. The minimum atomic E-state index is -0.186. The largest absolute Gasteiger partial charge is 0.450 e. The Hall–Kier alpha value is -3.06. The van der Waals surface area contributed by atoms with Crippen molar-refractivity contribution in [2.75, 3.05) is 50.8 Å². The van der Waals surface area contributed by atoms with Crippen molar-refractivity contribution in [1.82, 2.24) is 15.1 Å². The molecule has 0 radical (unpaired) electrons. The van der Waals surface area contributed by atoms with E-state index in [0.717, 1.165) is 63.2 Å². The summed E-state index contributed by atoms with van der Waals surface area (Å²) in [6.07, 6.45) is 2.47. The van der Waals surface area contributed by atoms with Gasteiger partial charge in [0.05, 0.1) is 13.0 Å². The molecule has 1 N–H and O–H groups in total. The molecule has 0 bridgehead atoms. The zero-order chi connectivity index (χ0) is 23.8. The van der Waals surface area contributed by atoms with E-state index in [1.807, 2.05) is 42.2 Å². The third kappa shape index (κ3) is 6.50. The summed E-state index contributed by atoms with van der Waals surface area (Å²) in [6, 6.07) is 19.0. The first kappa shape index (κ1) is 24.1. The molecule has 2 heterocycles. The van der Waals surface area contributed by atoms with Crippen molar-refractivity contribution in [2.24, 2.45) is 0 Å². The van der Waals surface area contributed by atoms with E-state index in [-0.39, 0.29) is 12.0 Å². The van der Waals surface area contributed by atoms with Gasteiger partial charge in [-0.1, -0.05) is 42.5 Å². The maximum absolute atomic E-state index is 12.3. The van der Waals surface area contributed by atoms with Gasteiger partial charge < -0.3 is 19.9 Å². The smallest absolute Gasteiger partial charge is 0.409 e. The van der Waals surface area contributed by atoms with E-state index >= 15 is 0 Å². The van der Waals surface area contributed by atoms with Gasteiger partial charge in [-0.15, -0.1) is 0 Å². The molecule has 2 aliphatic heterocycles. The lowest BCUT2D eigenvalue weighted by Crippen LogP contribution is -2.54. The number of hydrogen-bond donors (Lipinski definition) is 1. The summed E-state index contributed by atoms with van der Waals surface area (Å²) in [6.45, 7) is 8.23. The zero-order valence-corrected chi connectivity index (χ0v) is 20.1. The second-order valence-corrected chi connectivity index (χ2v) is 9.05. The number of benzene rings is 2. The summed E-state index contributed by atoms with van der Waals surface area (Å²) in [5.41, 5.74) is 3.36. The number of hydrogen-bond acceptors (Lipinski definition) is 5. The molecular formula is C27H36N4O3. The maximum Gasteiger partial charge on any atom is 0.409 e. The Bertz CT molecular complexity index is 919. The first-order chi connectivity index (χ1) is 16.6. The van der Waals surface area contributed by atoms with Crippen LogP contribution in [-0.2, 0) is 22.5 Å². The predicted octanol–water partition coefficient (Wildman–Crippen LogP) is 3.29. The van der Waals surface area contributed by atoms with Crippen molar-refractivity contribution < 1.29 is 14.3 Å². The second-order valence-electron chi connectivity index (χ2n) is 9.05. The lowest BCUT2D eigenvalue weighted by Gasteiger charge is -2.43. The van der Waals surface area contributed by atoms with Gasteiger partial charge in [0.2, 0.25) is 5.91 Å². The van der Waals surface area contributed by atoms with Gasteiger partial charge in [-0.05, 0) is 43.0 Å². The van der Waals surface area contributed by atoms with Gasteiger partial charge in [0.25, 0.3) is 0 Å². The first-order valence-electron chi connectivity index (χ1n) is 12.4. The SMILES string of the molecule is CCOC(=O)N1CCN(C2CCN(c3ccc(CC(=O)NCc4ccccc4)cc3)CC2)CC1. The Kier molecular flexibility index (Phi) is 8.41. The topological polar surface area (TPSA) is 65.1 Å². The van der Waals surface area contributed by atoms with E-state index < -0.39 is 0 Å². The summed E-state index contributed by atoms with van der Waals surface area (Å²) < 4.78 is 5.12. The third-order valence-corrected chi connectivity index (χ3v) is 6.82. The fraction of sp³-hybridized carbons (Fsp3) is 0.481. The average Bonchev–Trinajstić information content (AvgIpc) is 2.89. The molecule has 0 aliphatic carbocycles. The molecular weight excluding hydrogens is 428 g/mol. The van der Waals surface area contributed by atoms with Crippen LogP contribution in [-0.4, -0.2) is 73.7 Å². The molecule has 0 aromatic heterocycles. The number of amides is 2. The molecule has 7 heteroatoms. The number of nitrogens with zero attached hydrogens (tertiary/aromatic N) is 3. The number of anilines is 1. The van der Waals surface area contributed by atoms with Crippen LogP contribution in [0.5, 0.6) is 0 Å². The van der Waals surface area contributed by atoms with Crippen molar-refractivity contribution in [3.05, 3.63) is 65.7 Å². The van der Waals surface area contributed by atoms with Crippen LogP contribution < -0.4 is 10.2 Å². The number of rotatable bonds is 7. The van der Waals surface area contributed by atoms with E-state index in [1.54, 1.807) is 0 Å². The molecule has 182 valence electrons. The fourth-order valence-electron chi connectivity index (χ4n) is 4.84. The molecule has 34 heavy (non-hydrogen) atoms. The van der Waals surface area contributed by atoms with E-state index in [9.17, 15) is 9.59 Å². The van der Waals surface area contributed by atoms with Gasteiger partial charge in [0, 0.05) is 57.5 Å². The van der Waals surface area contributed by atoms with Crippen molar-refractivity contribution in [2.45, 2.75) is 38.8 Å². The van der Waals surface area contributed by atoms with Crippen LogP contribution in [0.25, 0.3) is 0 Å². The van der Waals surface area contributed by atoms with Gasteiger partial charge in [0.1, 0.15) is 0 Å². The maximum atomic E-state index is 12.3. The normalized spacial score (nSPS) is 17.4. The van der Waals surface area contributed by atoms with Gasteiger partial charge >= 0.3 is 6.09 Å². The number of nitrogens with one attached hydrogen (secondary N) is 1. The standard InChI is InChI=1S/C27H36N4O3/c1-2-34-27(33)31-18-16-30(17-19-31)25-12-14-29(15-13-25)24-10-8-22(9-11-24)20-26(32)28-21-23-6-4-3-5-7-23/h3-11,25H,2,12-21H2,1H3,(H,28,32). The highest BCUT2D eigenvalue weighted by Crippen LogP contribution is 2.24. The summed E-state index contributed by atoms with van der Waals surface area (Å²) in [4.78, 5) is 31.0. The number of piperidine rings is 1. The average molecular weight is 465 g/mol. The Morgan fingerprint density at radius 1 is 0.882 bits per heavy atom. The van der Waals surface area contributed by atoms with Gasteiger partial charge in [0.15, 0.2) is 0 Å². The number of carbonyl (C=O) groups is 2. The van der Waals surface area contributed by atoms with Crippen LogP contribution in [0.1, 0.15) is 30.9 Å². The van der Waals surface area contributed by atoms with Gasteiger partial charge in [-0.3, -0.25) is 9.69 Å². The van der Waals surface area contributed by atoms with Crippen molar-refractivity contribution in [3.63, 3.8) is 0 Å². The Morgan fingerprint density at radius 2 is 1.56 bits per heavy atom. The minimum absolute atomic E-state index is 0.0421. The fourth-order valence-corrected chi connectivity index (χ4v) is 4.84. The van der Waals surface area contributed by atoms with E-state index in [4.69, 9.17) is 4.74 Å². The van der Waals surface area contributed by atoms with E-state index in [1.165, 1.54) is 5.69 Å². The Morgan fingerprint density at radius 3 is 2.21 bits per heavy atom. The molecule has 2 saturated heterocycles. The molecule has 2 aliphatic rings. The second kappa shape index (κ2) is 11.9. The molecule has 7 nitrogen and oxygen atoms in total. The predicted molar refractivity (Wildman–Crippen MR) is 134 cm³/mol. The van der Waals surface area contributed by atoms with Crippen LogP contribution in [0.15, 0.2) is 54.6 Å². The molecule has 0 spiro atoms. The molecule has 2 aromatic carbocycles. The summed E-state index contributed by atoms with van der Waals surface area (Å²) >= 11 is 0. The minimum Gasteiger partial charge on any atom is -0.450 e. The van der Waals surface area contributed by atoms with Crippen LogP contribution in [0.4, 0.5) is 10.5 Å². The van der Waals surface area contributed by atoms with Crippen LogP contribution in [0.2, 0.25) is 0 Å². The monoisotopic (exact) mass is 464 g/mol. The molecule has 2 amide bonds. The quantitative estimate of drug-likeness (QED) is 0.681. The number of carbonyl (C=O) groups excluding carboxylic acids is 2.